The Morgan fingerprint density at radius 1 is 0.905 bits per heavy atom. The molecule has 0 bridgehead atoms. The van der Waals surface area contributed by atoms with E-state index in [2.05, 4.69) is 25.7 Å². The summed E-state index contributed by atoms with van der Waals surface area (Å²) in [7, 11) is 0. The second-order valence-electron chi connectivity index (χ2n) is 6.53. The van der Waals surface area contributed by atoms with E-state index in [4.69, 9.17) is 5.73 Å². The summed E-state index contributed by atoms with van der Waals surface area (Å²) in [6, 6.07) is 0. The molecule has 0 aliphatic carbocycles. The molecule has 2 N–H and O–H groups in total. The number of carbonyl (C=O) groups excluding carboxylic acids is 1. The molecule has 1 atom stereocenters. The number of amides is 1. The highest BCUT2D eigenvalue weighted by atomic mass is 16.2. The fraction of sp³-hybridized carbons (Fsp3) is 0.944. The van der Waals surface area contributed by atoms with E-state index in [0.29, 0.717) is 6.54 Å². The van der Waals surface area contributed by atoms with Crippen LogP contribution in [0.4, 0.5) is 0 Å². The Morgan fingerprint density at radius 3 is 1.71 bits per heavy atom. The second-order valence-corrected chi connectivity index (χ2v) is 6.53. The zero-order valence-corrected chi connectivity index (χ0v) is 14.9. The number of nitrogens with two attached hydrogens (primary N) is 1. The van der Waals surface area contributed by atoms with Crippen molar-refractivity contribution in [3.05, 3.63) is 0 Å². The SMILES string of the molecule is CCCCCCN(CCCCCC)C(=O)C(C)(CC)CN. The lowest BCUT2D eigenvalue weighted by atomic mass is 9.86. The number of unbranched alkanes of at least 4 members (excludes halogenated alkanes) is 6. The average molecular weight is 299 g/mol. The number of carbonyl (C=O) groups is 1. The molecule has 126 valence electrons. The molecular formula is C18H38N2O. The second kappa shape index (κ2) is 12.0. The lowest BCUT2D eigenvalue weighted by Gasteiger charge is -2.33. The zero-order chi connectivity index (χ0) is 16.1. The van der Waals surface area contributed by atoms with Gasteiger partial charge in [-0.15, -0.1) is 0 Å². The monoisotopic (exact) mass is 298 g/mol. The Kier molecular flexibility index (Phi) is 11.7. The summed E-state index contributed by atoms with van der Waals surface area (Å²) < 4.78 is 0. The van der Waals surface area contributed by atoms with Gasteiger partial charge in [0.25, 0.3) is 0 Å². The van der Waals surface area contributed by atoms with Gasteiger partial charge in [-0.3, -0.25) is 4.79 Å². The van der Waals surface area contributed by atoms with Gasteiger partial charge in [0.05, 0.1) is 5.41 Å². The van der Waals surface area contributed by atoms with Crippen LogP contribution in [0.25, 0.3) is 0 Å². The van der Waals surface area contributed by atoms with Gasteiger partial charge in [-0.2, -0.15) is 0 Å². The smallest absolute Gasteiger partial charge is 0.229 e. The average Bonchev–Trinajstić information content (AvgIpc) is 2.52. The molecule has 0 heterocycles. The van der Waals surface area contributed by atoms with Crippen LogP contribution in [0.1, 0.15) is 85.5 Å². The van der Waals surface area contributed by atoms with Crippen LogP contribution in [0.5, 0.6) is 0 Å². The molecule has 21 heavy (non-hydrogen) atoms. The van der Waals surface area contributed by atoms with E-state index in [0.717, 1.165) is 32.4 Å². The maximum atomic E-state index is 12.8. The van der Waals surface area contributed by atoms with Gasteiger partial charge in [0, 0.05) is 19.6 Å². The molecule has 0 aromatic heterocycles. The van der Waals surface area contributed by atoms with Crippen LogP contribution in [0.3, 0.4) is 0 Å². The maximum Gasteiger partial charge on any atom is 0.229 e. The first-order chi connectivity index (χ1) is 10.1. The summed E-state index contributed by atoms with van der Waals surface area (Å²) in [5, 5.41) is 0. The Balaban J connectivity index is 4.50. The third-order valence-electron chi connectivity index (χ3n) is 4.60. The van der Waals surface area contributed by atoms with Crippen LogP contribution in [0.2, 0.25) is 0 Å². The van der Waals surface area contributed by atoms with Crippen LogP contribution in [0.15, 0.2) is 0 Å². The van der Waals surface area contributed by atoms with Crippen molar-refractivity contribution < 1.29 is 4.79 Å². The summed E-state index contributed by atoms with van der Waals surface area (Å²) in [5.74, 6) is 0.264. The zero-order valence-electron chi connectivity index (χ0n) is 14.9. The Labute approximate surface area is 132 Å². The molecule has 1 amide bonds. The number of rotatable bonds is 13. The van der Waals surface area contributed by atoms with Gasteiger partial charge in [-0.25, -0.2) is 0 Å². The van der Waals surface area contributed by atoms with E-state index < -0.39 is 0 Å². The van der Waals surface area contributed by atoms with Crippen molar-refractivity contribution >= 4 is 5.91 Å². The van der Waals surface area contributed by atoms with Crippen molar-refractivity contribution in [2.24, 2.45) is 11.1 Å². The van der Waals surface area contributed by atoms with Gasteiger partial charge in [0.2, 0.25) is 5.91 Å². The highest BCUT2D eigenvalue weighted by Gasteiger charge is 2.33. The third-order valence-corrected chi connectivity index (χ3v) is 4.60. The first kappa shape index (κ1) is 20.4. The predicted molar refractivity (Wildman–Crippen MR) is 92.3 cm³/mol. The number of hydrogen-bond donors (Lipinski definition) is 1. The molecule has 0 aromatic rings. The fourth-order valence-electron chi connectivity index (χ4n) is 2.54. The van der Waals surface area contributed by atoms with E-state index >= 15 is 0 Å². The van der Waals surface area contributed by atoms with Crippen LogP contribution >= 0.6 is 0 Å². The normalized spacial score (nSPS) is 14.0. The predicted octanol–water partition coefficient (Wildman–Crippen LogP) is 4.35. The molecule has 0 saturated heterocycles. The van der Waals surface area contributed by atoms with Gasteiger partial charge in [0.1, 0.15) is 0 Å². The van der Waals surface area contributed by atoms with Gasteiger partial charge in [0.15, 0.2) is 0 Å². The lowest BCUT2D eigenvalue weighted by Crippen LogP contribution is -2.46. The van der Waals surface area contributed by atoms with Gasteiger partial charge < -0.3 is 10.6 Å². The molecule has 0 fully saturated rings. The summed E-state index contributed by atoms with van der Waals surface area (Å²) >= 11 is 0. The van der Waals surface area contributed by atoms with Crippen molar-refractivity contribution in [3.63, 3.8) is 0 Å². The molecular weight excluding hydrogens is 260 g/mol. The van der Waals surface area contributed by atoms with Crippen LogP contribution < -0.4 is 5.73 Å². The van der Waals surface area contributed by atoms with E-state index in [9.17, 15) is 4.79 Å². The molecule has 0 saturated carbocycles. The minimum absolute atomic E-state index is 0.264. The standard InChI is InChI=1S/C18H38N2O/c1-5-8-10-12-14-20(15-13-11-9-6-2)17(21)18(4,7-3)16-19/h5-16,19H2,1-4H3. The summed E-state index contributed by atoms with van der Waals surface area (Å²) in [4.78, 5) is 14.9. The molecule has 0 aliphatic heterocycles. The Hall–Kier alpha value is -0.570. The van der Waals surface area contributed by atoms with Crippen molar-refractivity contribution in [3.8, 4) is 0 Å². The summed E-state index contributed by atoms with van der Waals surface area (Å²) in [6.45, 7) is 10.8. The molecule has 0 radical (unpaired) electrons. The van der Waals surface area contributed by atoms with Crippen molar-refractivity contribution in [1.82, 2.24) is 4.90 Å². The van der Waals surface area contributed by atoms with Crippen LogP contribution in [-0.4, -0.2) is 30.4 Å². The van der Waals surface area contributed by atoms with Gasteiger partial charge in [-0.05, 0) is 26.2 Å². The molecule has 1 unspecified atom stereocenters. The topological polar surface area (TPSA) is 46.3 Å². The lowest BCUT2D eigenvalue weighted by molar-refractivity contribution is -0.141. The van der Waals surface area contributed by atoms with E-state index in [1.807, 2.05) is 6.92 Å². The Morgan fingerprint density at radius 2 is 1.38 bits per heavy atom. The highest BCUT2D eigenvalue weighted by molar-refractivity contribution is 5.82. The van der Waals surface area contributed by atoms with Gasteiger partial charge >= 0.3 is 0 Å². The van der Waals surface area contributed by atoms with E-state index in [-0.39, 0.29) is 11.3 Å². The highest BCUT2D eigenvalue weighted by Crippen LogP contribution is 2.23. The van der Waals surface area contributed by atoms with Crippen molar-refractivity contribution in [2.45, 2.75) is 85.5 Å². The first-order valence-corrected chi connectivity index (χ1v) is 9.05. The van der Waals surface area contributed by atoms with Crippen molar-refractivity contribution in [2.75, 3.05) is 19.6 Å². The van der Waals surface area contributed by atoms with E-state index in [1.54, 1.807) is 0 Å². The first-order valence-electron chi connectivity index (χ1n) is 9.05. The summed E-state index contributed by atoms with van der Waals surface area (Å²) in [6.07, 6.45) is 10.5. The third kappa shape index (κ3) is 7.85. The molecule has 3 nitrogen and oxygen atoms in total. The quantitative estimate of drug-likeness (QED) is 0.514. The molecule has 0 rings (SSSR count). The van der Waals surface area contributed by atoms with Crippen LogP contribution in [0, 0.1) is 5.41 Å². The number of hydrogen-bond acceptors (Lipinski definition) is 2. The molecule has 0 spiro atoms. The Bertz CT molecular complexity index is 250. The molecule has 3 heteroatoms. The minimum atomic E-state index is -0.379. The minimum Gasteiger partial charge on any atom is -0.342 e. The van der Waals surface area contributed by atoms with E-state index in [1.165, 1.54) is 38.5 Å². The van der Waals surface area contributed by atoms with Gasteiger partial charge in [-0.1, -0.05) is 59.3 Å². The summed E-state index contributed by atoms with van der Waals surface area (Å²) in [5.41, 5.74) is 5.48. The maximum absolute atomic E-state index is 12.8. The molecule has 0 aliphatic rings. The molecule has 0 aromatic carbocycles. The fourth-order valence-corrected chi connectivity index (χ4v) is 2.54. The van der Waals surface area contributed by atoms with Crippen molar-refractivity contribution in [1.29, 1.82) is 0 Å². The van der Waals surface area contributed by atoms with Crippen LogP contribution in [-0.2, 0) is 4.79 Å². The number of nitrogens with zero attached hydrogens (tertiary/aromatic N) is 1. The largest absolute Gasteiger partial charge is 0.342 e.